The lowest BCUT2D eigenvalue weighted by molar-refractivity contribution is -0.137. The van der Waals surface area contributed by atoms with Crippen molar-refractivity contribution in [3.63, 3.8) is 0 Å². The monoisotopic (exact) mass is 352 g/mol. The van der Waals surface area contributed by atoms with Gasteiger partial charge in [-0.05, 0) is 49.3 Å². The molecule has 0 unspecified atom stereocenters. The van der Waals surface area contributed by atoms with Gasteiger partial charge in [0.15, 0.2) is 0 Å². The number of carbonyl (C=O) groups is 1. The van der Waals surface area contributed by atoms with Crippen LogP contribution in [0.15, 0.2) is 24.3 Å². The summed E-state index contributed by atoms with van der Waals surface area (Å²) in [5.74, 6) is 0.348. The quantitative estimate of drug-likeness (QED) is 0.806. The Balaban J connectivity index is 1.91. The predicted octanol–water partition coefficient (Wildman–Crippen LogP) is 3.72. The van der Waals surface area contributed by atoms with Gasteiger partial charge in [-0.15, -0.1) is 0 Å². The van der Waals surface area contributed by atoms with E-state index in [0.717, 1.165) is 30.8 Å². The van der Waals surface area contributed by atoms with E-state index in [-0.39, 0.29) is 30.5 Å². The fraction of sp³-hybridized carbons (Fsp3) is 0.632. The summed E-state index contributed by atoms with van der Waals surface area (Å²) in [5, 5.41) is 0.720. The SMILES string of the molecule is CN(C)C(=O)[C@H]1[C@@H](c2ccc(Cl)cc2)C[C@@H]2CC[C@H]1N2CCCF. The summed E-state index contributed by atoms with van der Waals surface area (Å²) >= 11 is 6.03. The molecule has 2 heterocycles. The molecule has 0 radical (unpaired) electrons. The van der Waals surface area contributed by atoms with Crippen molar-refractivity contribution < 1.29 is 9.18 Å². The average molecular weight is 353 g/mol. The van der Waals surface area contributed by atoms with Crippen LogP contribution >= 0.6 is 11.6 Å². The van der Waals surface area contributed by atoms with E-state index < -0.39 is 0 Å². The number of fused-ring (bicyclic) bond motifs is 2. The molecule has 3 rings (SSSR count). The molecule has 0 spiro atoms. The van der Waals surface area contributed by atoms with Crippen molar-refractivity contribution in [2.45, 2.75) is 43.7 Å². The number of hydrogen-bond donors (Lipinski definition) is 0. The van der Waals surface area contributed by atoms with Gasteiger partial charge in [0.2, 0.25) is 5.91 Å². The summed E-state index contributed by atoms with van der Waals surface area (Å²) in [6.07, 6.45) is 3.67. The molecule has 5 heteroatoms. The highest BCUT2D eigenvalue weighted by Gasteiger charge is 2.50. The number of amides is 1. The Labute approximate surface area is 148 Å². The van der Waals surface area contributed by atoms with Crippen molar-refractivity contribution in [2.75, 3.05) is 27.3 Å². The fourth-order valence-electron chi connectivity index (χ4n) is 4.59. The number of alkyl halides is 1. The molecule has 2 fully saturated rings. The third-order valence-electron chi connectivity index (χ3n) is 5.64. The van der Waals surface area contributed by atoms with Gasteiger partial charge in [0, 0.05) is 37.7 Å². The zero-order chi connectivity index (χ0) is 17.3. The molecule has 2 aliphatic rings. The average Bonchev–Trinajstić information content (AvgIpc) is 2.84. The molecule has 132 valence electrons. The van der Waals surface area contributed by atoms with Crippen molar-refractivity contribution in [2.24, 2.45) is 5.92 Å². The summed E-state index contributed by atoms with van der Waals surface area (Å²) in [6, 6.07) is 8.62. The maximum absolute atomic E-state index is 13.0. The summed E-state index contributed by atoms with van der Waals surface area (Å²) in [5.41, 5.74) is 1.20. The van der Waals surface area contributed by atoms with Gasteiger partial charge in [-0.1, -0.05) is 23.7 Å². The minimum absolute atomic E-state index is 0.0560. The Morgan fingerprint density at radius 1 is 1.29 bits per heavy atom. The van der Waals surface area contributed by atoms with Crippen molar-refractivity contribution in [3.05, 3.63) is 34.9 Å². The van der Waals surface area contributed by atoms with Gasteiger partial charge < -0.3 is 4.90 Å². The molecule has 0 aromatic heterocycles. The maximum Gasteiger partial charge on any atom is 0.227 e. The lowest BCUT2D eigenvalue weighted by Crippen LogP contribution is -2.53. The molecule has 3 nitrogen and oxygen atoms in total. The minimum atomic E-state index is -0.289. The van der Waals surface area contributed by atoms with Crippen LogP contribution < -0.4 is 0 Å². The van der Waals surface area contributed by atoms with Gasteiger partial charge in [0.05, 0.1) is 12.6 Å². The summed E-state index contributed by atoms with van der Waals surface area (Å²) in [4.78, 5) is 17.1. The van der Waals surface area contributed by atoms with E-state index in [2.05, 4.69) is 17.0 Å². The minimum Gasteiger partial charge on any atom is -0.349 e. The molecular weight excluding hydrogens is 327 g/mol. The number of halogens is 2. The third kappa shape index (κ3) is 3.31. The number of carbonyl (C=O) groups excluding carboxylic acids is 1. The molecule has 1 aromatic rings. The molecule has 2 saturated heterocycles. The Bertz CT molecular complexity index is 577. The first-order valence-corrected chi connectivity index (χ1v) is 9.19. The summed E-state index contributed by atoms with van der Waals surface area (Å²) in [6.45, 7) is 0.471. The molecule has 0 N–H and O–H groups in total. The molecule has 4 atom stereocenters. The molecule has 0 saturated carbocycles. The van der Waals surface area contributed by atoms with Gasteiger partial charge in [-0.2, -0.15) is 0 Å². The zero-order valence-electron chi connectivity index (χ0n) is 14.4. The van der Waals surface area contributed by atoms with Gasteiger partial charge in [-0.3, -0.25) is 14.1 Å². The van der Waals surface area contributed by atoms with Crippen LogP contribution in [0.2, 0.25) is 5.02 Å². The van der Waals surface area contributed by atoms with Crippen molar-refractivity contribution in [1.82, 2.24) is 9.80 Å². The Morgan fingerprint density at radius 3 is 2.62 bits per heavy atom. The van der Waals surface area contributed by atoms with Crippen molar-refractivity contribution >= 4 is 17.5 Å². The van der Waals surface area contributed by atoms with E-state index in [4.69, 9.17) is 11.6 Å². The molecular formula is C19H26ClFN2O. The first-order valence-electron chi connectivity index (χ1n) is 8.81. The van der Waals surface area contributed by atoms with E-state index in [1.54, 1.807) is 4.90 Å². The molecule has 0 aliphatic carbocycles. The second-order valence-corrected chi connectivity index (χ2v) is 7.67. The van der Waals surface area contributed by atoms with Crippen molar-refractivity contribution in [3.8, 4) is 0 Å². The van der Waals surface area contributed by atoms with E-state index >= 15 is 0 Å². The van der Waals surface area contributed by atoms with Crippen LogP contribution in [0.25, 0.3) is 0 Å². The maximum atomic E-state index is 13.0. The highest BCUT2D eigenvalue weighted by atomic mass is 35.5. The van der Waals surface area contributed by atoms with Crippen LogP contribution in [0.1, 0.15) is 37.2 Å². The fourth-order valence-corrected chi connectivity index (χ4v) is 4.72. The predicted molar refractivity (Wildman–Crippen MR) is 95.1 cm³/mol. The first kappa shape index (κ1) is 17.7. The lowest BCUT2D eigenvalue weighted by atomic mass is 9.75. The number of benzene rings is 1. The van der Waals surface area contributed by atoms with Gasteiger partial charge in [0.25, 0.3) is 0 Å². The van der Waals surface area contributed by atoms with Gasteiger partial charge in [0.1, 0.15) is 0 Å². The largest absolute Gasteiger partial charge is 0.349 e. The van der Waals surface area contributed by atoms with Crippen LogP contribution in [-0.2, 0) is 4.79 Å². The van der Waals surface area contributed by atoms with E-state index in [9.17, 15) is 9.18 Å². The van der Waals surface area contributed by atoms with Crippen LogP contribution in [0.3, 0.4) is 0 Å². The Kier molecular flexibility index (Phi) is 5.46. The topological polar surface area (TPSA) is 23.6 Å². The smallest absolute Gasteiger partial charge is 0.227 e. The standard InChI is InChI=1S/C19H26ClFN2O/c1-22(2)19(24)18-16(13-4-6-14(20)7-5-13)12-15-8-9-17(18)23(15)11-3-10-21/h4-7,15-18H,3,8-12H2,1-2H3/t15-,16+,17+,18-/m0/s1. The van der Waals surface area contributed by atoms with Crippen molar-refractivity contribution in [1.29, 1.82) is 0 Å². The second kappa shape index (κ2) is 7.40. The van der Waals surface area contributed by atoms with E-state index in [1.807, 2.05) is 26.2 Å². The van der Waals surface area contributed by atoms with E-state index in [0.29, 0.717) is 12.5 Å². The number of nitrogens with zero attached hydrogens (tertiary/aromatic N) is 2. The highest BCUT2D eigenvalue weighted by molar-refractivity contribution is 6.30. The third-order valence-corrected chi connectivity index (χ3v) is 5.89. The Morgan fingerprint density at radius 2 is 2.00 bits per heavy atom. The van der Waals surface area contributed by atoms with Gasteiger partial charge >= 0.3 is 0 Å². The van der Waals surface area contributed by atoms with Crippen LogP contribution in [0.5, 0.6) is 0 Å². The molecule has 1 aromatic carbocycles. The number of hydrogen-bond acceptors (Lipinski definition) is 2. The molecule has 24 heavy (non-hydrogen) atoms. The lowest BCUT2D eigenvalue weighted by Gasteiger charge is -2.45. The van der Waals surface area contributed by atoms with E-state index in [1.165, 1.54) is 5.56 Å². The second-order valence-electron chi connectivity index (χ2n) is 7.23. The first-order chi connectivity index (χ1) is 11.5. The normalized spacial score (nSPS) is 29.7. The van der Waals surface area contributed by atoms with Crippen LogP contribution in [0.4, 0.5) is 4.39 Å². The number of rotatable bonds is 5. The summed E-state index contributed by atoms with van der Waals surface area (Å²) < 4.78 is 12.7. The Hall–Kier alpha value is -1.13. The summed E-state index contributed by atoms with van der Waals surface area (Å²) in [7, 11) is 3.66. The van der Waals surface area contributed by atoms with Crippen LogP contribution in [0, 0.1) is 5.92 Å². The molecule has 2 bridgehead atoms. The number of piperidine rings is 1. The molecule has 2 aliphatic heterocycles. The van der Waals surface area contributed by atoms with Gasteiger partial charge in [-0.25, -0.2) is 0 Å². The highest BCUT2D eigenvalue weighted by Crippen LogP contribution is 2.47. The molecule has 1 amide bonds. The zero-order valence-corrected chi connectivity index (χ0v) is 15.2. The van der Waals surface area contributed by atoms with Crippen LogP contribution in [-0.4, -0.2) is 55.1 Å².